The number of hydrogen-bond acceptors (Lipinski definition) is 6. The van der Waals surface area contributed by atoms with Crippen LogP contribution in [0.5, 0.6) is 0 Å². The highest BCUT2D eigenvalue weighted by atomic mass is 32.2. The monoisotopic (exact) mass is 447 g/mol. The number of carbonyl (C=O) groups excluding carboxylic acids is 1. The van der Waals surface area contributed by atoms with Gasteiger partial charge >= 0.3 is 0 Å². The third-order valence-corrected chi connectivity index (χ3v) is 8.76. The molecule has 5 nitrogen and oxygen atoms in total. The van der Waals surface area contributed by atoms with Crippen LogP contribution in [0.2, 0.25) is 0 Å². The Kier molecular flexibility index (Phi) is 5.86. The van der Waals surface area contributed by atoms with Crippen LogP contribution in [0.3, 0.4) is 0 Å². The second-order valence-corrected chi connectivity index (χ2v) is 10.4. The van der Waals surface area contributed by atoms with Gasteiger partial charge < -0.3 is 4.90 Å². The summed E-state index contributed by atoms with van der Waals surface area (Å²) in [6, 6.07) is 2.32. The molecule has 8 heteroatoms. The van der Waals surface area contributed by atoms with Gasteiger partial charge in [0.1, 0.15) is 4.83 Å². The van der Waals surface area contributed by atoms with Gasteiger partial charge in [-0.05, 0) is 56.2 Å². The molecule has 4 heterocycles. The van der Waals surface area contributed by atoms with Crippen molar-refractivity contribution in [3.8, 4) is 0 Å². The summed E-state index contributed by atoms with van der Waals surface area (Å²) in [5.74, 6) is 0.423. The van der Waals surface area contributed by atoms with Crippen LogP contribution in [0.15, 0.2) is 21.4 Å². The molecule has 1 amide bonds. The van der Waals surface area contributed by atoms with Crippen LogP contribution < -0.4 is 5.56 Å². The van der Waals surface area contributed by atoms with Gasteiger partial charge in [-0.3, -0.25) is 14.2 Å². The predicted molar refractivity (Wildman–Crippen MR) is 123 cm³/mol. The molecule has 3 aromatic heterocycles. The van der Waals surface area contributed by atoms with Crippen LogP contribution >= 0.6 is 34.4 Å². The first-order valence-corrected chi connectivity index (χ1v) is 12.6. The van der Waals surface area contributed by atoms with Crippen LogP contribution in [0.4, 0.5) is 0 Å². The van der Waals surface area contributed by atoms with E-state index in [1.54, 1.807) is 27.2 Å². The van der Waals surface area contributed by atoms with E-state index >= 15 is 0 Å². The number of aryl methyl sites for hydroxylation is 2. The zero-order chi connectivity index (χ0) is 20.7. The quantitative estimate of drug-likeness (QED) is 0.417. The average Bonchev–Trinajstić information content (AvgIpc) is 3.29. The maximum atomic E-state index is 13.1. The number of aromatic nitrogens is 2. The number of rotatable bonds is 5. The second-order valence-electron chi connectivity index (χ2n) is 7.26. The lowest BCUT2D eigenvalue weighted by Crippen LogP contribution is -2.40. The summed E-state index contributed by atoms with van der Waals surface area (Å²) < 4.78 is 1.70. The molecule has 0 saturated carbocycles. The number of thiophene rings is 2. The van der Waals surface area contributed by atoms with Crippen LogP contribution in [-0.4, -0.2) is 32.7 Å². The Balaban J connectivity index is 1.58. The standard InChI is InChI=1S/C21H25N3O2S3/c1-5-15-14-8-10-27-16(14)7-9-24(15)17(25)11-28-21-22-19-18(12(3)13(4)29-19)20(26)23(21)6-2/h8,10,15H,5-7,9,11H2,1-4H3. The minimum Gasteiger partial charge on any atom is -0.335 e. The van der Waals surface area contributed by atoms with E-state index in [-0.39, 0.29) is 17.5 Å². The van der Waals surface area contributed by atoms with E-state index in [9.17, 15) is 9.59 Å². The van der Waals surface area contributed by atoms with Gasteiger partial charge in [0, 0.05) is 22.8 Å². The zero-order valence-electron chi connectivity index (χ0n) is 17.2. The largest absolute Gasteiger partial charge is 0.335 e. The normalized spacial score (nSPS) is 16.4. The Morgan fingerprint density at radius 3 is 2.86 bits per heavy atom. The van der Waals surface area contributed by atoms with Crippen molar-refractivity contribution in [3.05, 3.63) is 42.7 Å². The summed E-state index contributed by atoms with van der Waals surface area (Å²) in [4.78, 5) is 36.1. The fourth-order valence-corrected chi connectivity index (χ4v) is 6.99. The van der Waals surface area contributed by atoms with Gasteiger partial charge in [0.25, 0.3) is 5.56 Å². The van der Waals surface area contributed by atoms with Gasteiger partial charge in [0.2, 0.25) is 5.91 Å². The lowest BCUT2D eigenvalue weighted by Gasteiger charge is -2.35. The van der Waals surface area contributed by atoms with E-state index < -0.39 is 0 Å². The molecule has 0 fully saturated rings. The van der Waals surface area contributed by atoms with E-state index in [4.69, 9.17) is 4.98 Å². The molecule has 1 atom stereocenters. The van der Waals surface area contributed by atoms with Crippen molar-refractivity contribution in [3.63, 3.8) is 0 Å². The average molecular weight is 448 g/mol. The second kappa shape index (κ2) is 8.24. The van der Waals surface area contributed by atoms with Crippen molar-refractivity contribution < 1.29 is 4.79 Å². The third-order valence-electron chi connectivity index (χ3n) is 5.70. The van der Waals surface area contributed by atoms with Crippen molar-refractivity contribution in [1.29, 1.82) is 0 Å². The van der Waals surface area contributed by atoms with Gasteiger partial charge in [0.15, 0.2) is 5.16 Å². The molecule has 0 aliphatic carbocycles. The molecule has 0 spiro atoms. The van der Waals surface area contributed by atoms with Crippen molar-refractivity contribution in [1.82, 2.24) is 14.5 Å². The Morgan fingerprint density at radius 2 is 2.14 bits per heavy atom. The van der Waals surface area contributed by atoms with Crippen molar-refractivity contribution in [2.24, 2.45) is 0 Å². The summed E-state index contributed by atoms with van der Waals surface area (Å²) in [6.45, 7) is 9.40. The fourth-order valence-electron chi connectivity index (χ4n) is 4.04. The number of fused-ring (bicyclic) bond motifs is 2. The van der Waals surface area contributed by atoms with Gasteiger partial charge in [-0.15, -0.1) is 22.7 Å². The summed E-state index contributed by atoms with van der Waals surface area (Å²) >= 11 is 4.73. The van der Waals surface area contributed by atoms with Crippen LogP contribution in [0.1, 0.15) is 47.2 Å². The van der Waals surface area contributed by atoms with Gasteiger partial charge in [-0.1, -0.05) is 18.7 Å². The third kappa shape index (κ3) is 3.55. The SMILES string of the molecule is CCC1c2ccsc2CCN1C(=O)CSc1nc2sc(C)c(C)c2c(=O)n1CC. The molecule has 0 bridgehead atoms. The molecular formula is C21H25N3O2S3. The summed E-state index contributed by atoms with van der Waals surface area (Å²) in [6.07, 6.45) is 1.84. The van der Waals surface area contributed by atoms with E-state index in [2.05, 4.69) is 18.4 Å². The molecule has 1 aliphatic rings. The topological polar surface area (TPSA) is 55.2 Å². The zero-order valence-corrected chi connectivity index (χ0v) is 19.6. The van der Waals surface area contributed by atoms with Gasteiger partial charge in [-0.25, -0.2) is 4.98 Å². The Bertz CT molecular complexity index is 1130. The molecule has 1 aliphatic heterocycles. The molecule has 0 N–H and O–H groups in total. The number of thioether (sulfide) groups is 1. The molecule has 154 valence electrons. The smallest absolute Gasteiger partial charge is 0.263 e. The predicted octanol–water partition coefficient (Wildman–Crippen LogP) is 4.78. The minimum atomic E-state index is 0.00150. The molecule has 1 unspecified atom stereocenters. The van der Waals surface area contributed by atoms with E-state index in [0.717, 1.165) is 40.0 Å². The number of nitrogens with zero attached hydrogens (tertiary/aromatic N) is 3. The number of carbonyl (C=O) groups is 1. The fraction of sp³-hybridized carbons (Fsp3) is 0.476. The molecule has 4 rings (SSSR count). The number of amides is 1. The first-order valence-electron chi connectivity index (χ1n) is 9.95. The highest BCUT2D eigenvalue weighted by molar-refractivity contribution is 7.99. The van der Waals surface area contributed by atoms with Crippen molar-refractivity contribution in [2.75, 3.05) is 12.3 Å². The molecular weight excluding hydrogens is 422 g/mol. The molecule has 29 heavy (non-hydrogen) atoms. The van der Waals surface area contributed by atoms with Gasteiger partial charge in [-0.2, -0.15) is 0 Å². The van der Waals surface area contributed by atoms with Gasteiger partial charge in [0.05, 0.1) is 17.2 Å². The maximum Gasteiger partial charge on any atom is 0.263 e. The lowest BCUT2D eigenvalue weighted by atomic mass is 9.98. The van der Waals surface area contributed by atoms with Crippen LogP contribution in [0.25, 0.3) is 10.2 Å². The van der Waals surface area contributed by atoms with E-state index in [1.807, 2.05) is 25.7 Å². The highest BCUT2D eigenvalue weighted by Crippen LogP contribution is 2.36. The van der Waals surface area contributed by atoms with E-state index in [0.29, 0.717) is 17.5 Å². The summed E-state index contributed by atoms with van der Waals surface area (Å²) in [5.41, 5.74) is 2.32. The first-order chi connectivity index (χ1) is 14.0. The van der Waals surface area contributed by atoms with Crippen molar-refractivity contribution >= 4 is 50.6 Å². The van der Waals surface area contributed by atoms with Crippen LogP contribution in [-0.2, 0) is 17.8 Å². The summed E-state index contributed by atoms with van der Waals surface area (Å²) in [7, 11) is 0. The number of hydrogen-bond donors (Lipinski definition) is 0. The molecule has 0 radical (unpaired) electrons. The highest BCUT2D eigenvalue weighted by Gasteiger charge is 2.30. The van der Waals surface area contributed by atoms with Crippen LogP contribution in [0, 0.1) is 13.8 Å². The maximum absolute atomic E-state index is 13.1. The molecule has 0 aromatic carbocycles. The first kappa shape index (κ1) is 20.6. The minimum absolute atomic E-state index is 0.00150. The van der Waals surface area contributed by atoms with Crippen molar-refractivity contribution in [2.45, 2.75) is 58.3 Å². The summed E-state index contributed by atoms with van der Waals surface area (Å²) in [5, 5.41) is 3.48. The lowest BCUT2D eigenvalue weighted by molar-refractivity contribution is -0.131. The Labute approximate surface area is 182 Å². The molecule has 0 saturated heterocycles. The van der Waals surface area contributed by atoms with E-state index in [1.165, 1.54) is 22.2 Å². The Hall–Kier alpha value is -1.64. The Morgan fingerprint density at radius 1 is 1.34 bits per heavy atom. The molecule has 3 aromatic rings.